The Morgan fingerprint density at radius 1 is 1.14 bits per heavy atom. The quantitative estimate of drug-likeness (QED) is 0.373. The molecule has 0 radical (unpaired) electrons. The lowest BCUT2D eigenvalue weighted by Gasteiger charge is -2.45. The van der Waals surface area contributed by atoms with E-state index in [0.29, 0.717) is 0 Å². The van der Waals surface area contributed by atoms with Crippen molar-refractivity contribution in [3.8, 4) is 0 Å². The van der Waals surface area contributed by atoms with E-state index in [1.54, 1.807) is 0 Å². The van der Waals surface area contributed by atoms with Gasteiger partial charge < -0.3 is 15.0 Å². The molecule has 3 aliphatic heterocycles. The normalized spacial score (nSPS) is 25.1. The average Bonchev–Trinajstić information content (AvgIpc) is 3.43. The van der Waals surface area contributed by atoms with Crippen molar-refractivity contribution in [1.82, 2.24) is 15.1 Å². The van der Waals surface area contributed by atoms with Crippen LogP contribution < -0.4 is 5.32 Å². The number of likely N-dealkylation sites (tertiary alicyclic amines) is 2. The molecule has 0 saturated carbocycles. The van der Waals surface area contributed by atoms with Crippen LogP contribution in [0.3, 0.4) is 0 Å². The van der Waals surface area contributed by atoms with E-state index in [1.165, 1.54) is 44.3 Å². The molecule has 29 heavy (non-hydrogen) atoms. The fourth-order valence-corrected chi connectivity index (χ4v) is 5.26. The number of guanidine groups is 1. The molecule has 5 nitrogen and oxygen atoms in total. The van der Waals surface area contributed by atoms with Crippen LogP contribution in [0, 0.1) is 5.92 Å². The Morgan fingerprint density at radius 3 is 2.55 bits per heavy atom. The standard InChI is InChI=1S/C23H36N4O.HI/c1-24-22(26-14-9-21(18-26)17-20-7-3-2-4-8-20)25-19-23(10-15-28-16-11-23)27-12-5-6-13-27;/h2-4,7-8,21H,5-6,9-19H2,1H3,(H,24,25);1H. The summed E-state index contributed by atoms with van der Waals surface area (Å²) in [5, 5.41) is 3.76. The molecular formula is C23H37IN4O. The zero-order chi connectivity index (χ0) is 19.2. The molecule has 162 valence electrons. The molecule has 0 aliphatic carbocycles. The molecular weight excluding hydrogens is 475 g/mol. The predicted octanol–water partition coefficient (Wildman–Crippen LogP) is 3.39. The van der Waals surface area contributed by atoms with Crippen LogP contribution in [-0.2, 0) is 11.2 Å². The van der Waals surface area contributed by atoms with Crippen molar-refractivity contribution < 1.29 is 4.74 Å². The van der Waals surface area contributed by atoms with Crippen molar-refractivity contribution in [3.05, 3.63) is 35.9 Å². The number of rotatable bonds is 5. The van der Waals surface area contributed by atoms with Crippen LogP contribution in [0.15, 0.2) is 35.3 Å². The molecule has 6 heteroatoms. The van der Waals surface area contributed by atoms with Gasteiger partial charge in [-0.15, -0.1) is 24.0 Å². The summed E-state index contributed by atoms with van der Waals surface area (Å²) in [4.78, 5) is 9.82. The third-order valence-electron chi connectivity index (χ3n) is 6.94. The van der Waals surface area contributed by atoms with E-state index >= 15 is 0 Å². The van der Waals surface area contributed by atoms with Crippen molar-refractivity contribution in [2.75, 3.05) is 53.0 Å². The lowest BCUT2D eigenvalue weighted by Crippen LogP contribution is -2.58. The maximum absolute atomic E-state index is 5.69. The van der Waals surface area contributed by atoms with Crippen LogP contribution >= 0.6 is 24.0 Å². The summed E-state index contributed by atoms with van der Waals surface area (Å²) < 4.78 is 5.69. The lowest BCUT2D eigenvalue weighted by molar-refractivity contribution is -0.0166. The highest BCUT2D eigenvalue weighted by Crippen LogP contribution is 2.31. The second-order valence-electron chi connectivity index (χ2n) is 8.72. The van der Waals surface area contributed by atoms with E-state index in [-0.39, 0.29) is 29.5 Å². The number of ether oxygens (including phenoxy) is 1. The molecule has 3 aliphatic rings. The SMILES string of the molecule is CN=C(NCC1(N2CCCC2)CCOCC1)N1CCC(Cc2ccccc2)C1.I. The molecule has 0 spiro atoms. The first kappa shape index (κ1) is 22.8. The molecule has 0 aromatic heterocycles. The third-order valence-corrected chi connectivity index (χ3v) is 6.94. The Kier molecular flexibility index (Phi) is 8.62. The van der Waals surface area contributed by atoms with Gasteiger partial charge in [-0.2, -0.15) is 0 Å². The van der Waals surface area contributed by atoms with Crippen LogP contribution in [0.4, 0.5) is 0 Å². The lowest BCUT2D eigenvalue weighted by atomic mass is 9.88. The maximum atomic E-state index is 5.69. The van der Waals surface area contributed by atoms with Gasteiger partial charge >= 0.3 is 0 Å². The van der Waals surface area contributed by atoms with Crippen molar-refractivity contribution in [2.45, 2.75) is 44.1 Å². The van der Waals surface area contributed by atoms with Crippen LogP contribution in [-0.4, -0.2) is 74.3 Å². The Morgan fingerprint density at radius 2 is 1.86 bits per heavy atom. The van der Waals surface area contributed by atoms with Gasteiger partial charge in [-0.3, -0.25) is 9.89 Å². The summed E-state index contributed by atoms with van der Waals surface area (Å²) in [6.07, 6.45) is 7.36. The average molecular weight is 512 g/mol. The van der Waals surface area contributed by atoms with Crippen molar-refractivity contribution in [3.63, 3.8) is 0 Å². The van der Waals surface area contributed by atoms with E-state index in [0.717, 1.165) is 57.6 Å². The van der Waals surface area contributed by atoms with Crippen LogP contribution in [0.1, 0.15) is 37.7 Å². The first-order valence-electron chi connectivity index (χ1n) is 11.1. The third kappa shape index (κ3) is 5.64. The van der Waals surface area contributed by atoms with Crippen LogP contribution in [0.2, 0.25) is 0 Å². The summed E-state index contributed by atoms with van der Waals surface area (Å²) in [7, 11) is 1.93. The highest BCUT2D eigenvalue weighted by molar-refractivity contribution is 14.0. The fourth-order valence-electron chi connectivity index (χ4n) is 5.26. The number of benzene rings is 1. The number of halogens is 1. The van der Waals surface area contributed by atoms with Gasteiger partial charge in [0, 0.05) is 45.4 Å². The van der Waals surface area contributed by atoms with E-state index in [4.69, 9.17) is 4.74 Å². The number of hydrogen-bond donors (Lipinski definition) is 1. The summed E-state index contributed by atoms with van der Waals surface area (Å²) >= 11 is 0. The second kappa shape index (κ2) is 11.0. The Balaban J connectivity index is 0.00000240. The van der Waals surface area contributed by atoms with E-state index in [1.807, 2.05) is 7.05 Å². The van der Waals surface area contributed by atoms with Crippen LogP contribution in [0.25, 0.3) is 0 Å². The summed E-state index contributed by atoms with van der Waals surface area (Å²) in [6, 6.07) is 10.9. The van der Waals surface area contributed by atoms with Gasteiger partial charge in [-0.25, -0.2) is 0 Å². The zero-order valence-corrected chi connectivity index (χ0v) is 20.1. The van der Waals surface area contributed by atoms with Crippen LogP contribution in [0.5, 0.6) is 0 Å². The Hall–Kier alpha value is -0.860. The molecule has 1 aromatic carbocycles. The number of aliphatic imine (C=N–C) groups is 1. The molecule has 1 unspecified atom stereocenters. The van der Waals surface area contributed by atoms with Crippen molar-refractivity contribution >= 4 is 29.9 Å². The fraction of sp³-hybridized carbons (Fsp3) is 0.696. The van der Waals surface area contributed by atoms with Gasteiger partial charge in [0.05, 0.1) is 0 Å². The minimum Gasteiger partial charge on any atom is -0.381 e. The minimum absolute atomic E-state index is 0. The molecule has 0 amide bonds. The van der Waals surface area contributed by atoms with Crippen molar-refractivity contribution in [2.24, 2.45) is 10.9 Å². The topological polar surface area (TPSA) is 40.1 Å². The highest BCUT2D eigenvalue weighted by atomic mass is 127. The predicted molar refractivity (Wildman–Crippen MR) is 130 cm³/mol. The minimum atomic E-state index is 0. The summed E-state index contributed by atoms with van der Waals surface area (Å²) in [6.45, 7) is 7.46. The molecule has 4 rings (SSSR count). The molecule has 1 atom stereocenters. The van der Waals surface area contributed by atoms with Gasteiger partial charge in [0.1, 0.15) is 0 Å². The molecule has 1 aromatic rings. The van der Waals surface area contributed by atoms with Gasteiger partial charge in [-0.05, 0) is 63.1 Å². The molecule has 3 saturated heterocycles. The van der Waals surface area contributed by atoms with E-state index in [2.05, 4.69) is 50.4 Å². The number of nitrogens with zero attached hydrogens (tertiary/aromatic N) is 3. The first-order chi connectivity index (χ1) is 13.8. The zero-order valence-electron chi connectivity index (χ0n) is 17.8. The van der Waals surface area contributed by atoms with Gasteiger partial charge in [0.15, 0.2) is 5.96 Å². The van der Waals surface area contributed by atoms with E-state index < -0.39 is 0 Å². The van der Waals surface area contributed by atoms with Gasteiger partial charge in [0.2, 0.25) is 0 Å². The summed E-state index contributed by atoms with van der Waals surface area (Å²) in [5.74, 6) is 1.80. The first-order valence-corrected chi connectivity index (χ1v) is 11.1. The number of hydrogen-bond acceptors (Lipinski definition) is 3. The monoisotopic (exact) mass is 512 g/mol. The van der Waals surface area contributed by atoms with Gasteiger partial charge in [0.25, 0.3) is 0 Å². The smallest absolute Gasteiger partial charge is 0.193 e. The largest absolute Gasteiger partial charge is 0.381 e. The number of nitrogens with one attached hydrogen (secondary N) is 1. The Labute approximate surface area is 193 Å². The molecule has 3 fully saturated rings. The molecule has 1 N–H and O–H groups in total. The Bertz CT molecular complexity index is 642. The molecule has 0 bridgehead atoms. The van der Waals surface area contributed by atoms with E-state index in [9.17, 15) is 0 Å². The van der Waals surface area contributed by atoms with Gasteiger partial charge in [-0.1, -0.05) is 30.3 Å². The summed E-state index contributed by atoms with van der Waals surface area (Å²) in [5.41, 5.74) is 1.70. The van der Waals surface area contributed by atoms with Crippen molar-refractivity contribution in [1.29, 1.82) is 0 Å². The molecule has 3 heterocycles. The second-order valence-corrected chi connectivity index (χ2v) is 8.72. The maximum Gasteiger partial charge on any atom is 0.193 e. The highest BCUT2D eigenvalue weighted by Gasteiger charge is 2.40.